The minimum Gasteiger partial charge on any atom is -0.465 e. The van der Waals surface area contributed by atoms with E-state index in [-0.39, 0.29) is 11.7 Å². The standard InChI is InChI=1S/C35H25N3O3/c39-33(26-14-17-30(18-15-26)36-34(40)21-19-32-11-6-22-41-32)20-16-29-24-38(31-9-2-1-3-10-31)37-35(29)28-13-12-25-7-4-5-8-27(25)23-28/h1-24H,(H,36,40)/b20-16+,21-19+. The maximum absolute atomic E-state index is 13.1. The lowest BCUT2D eigenvalue weighted by atomic mass is 10.0. The molecule has 2 heterocycles. The van der Waals surface area contributed by atoms with Gasteiger partial charge in [-0.3, -0.25) is 9.59 Å². The number of carbonyl (C=O) groups is 2. The van der Waals surface area contributed by atoms with Gasteiger partial charge in [0.1, 0.15) is 5.76 Å². The van der Waals surface area contributed by atoms with Crippen LogP contribution in [0.25, 0.3) is 39.9 Å². The number of nitrogens with one attached hydrogen (secondary N) is 1. The van der Waals surface area contributed by atoms with Crippen LogP contribution in [0.15, 0.2) is 138 Å². The molecule has 0 saturated carbocycles. The number of aromatic nitrogens is 2. The van der Waals surface area contributed by atoms with Crippen LogP contribution in [0.4, 0.5) is 5.69 Å². The van der Waals surface area contributed by atoms with E-state index in [0.717, 1.165) is 33.3 Å². The maximum atomic E-state index is 13.1. The molecule has 0 fully saturated rings. The first-order chi connectivity index (χ1) is 20.1. The minimum atomic E-state index is -0.294. The van der Waals surface area contributed by atoms with Gasteiger partial charge in [-0.2, -0.15) is 5.10 Å². The number of fused-ring (bicyclic) bond motifs is 1. The highest BCUT2D eigenvalue weighted by Crippen LogP contribution is 2.28. The summed E-state index contributed by atoms with van der Waals surface area (Å²) in [6, 6.07) is 34.6. The Balaban J connectivity index is 1.23. The van der Waals surface area contributed by atoms with E-state index in [0.29, 0.717) is 17.0 Å². The minimum absolute atomic E-state index is 0.155. The Morgan fingerprint density at radius 2 is 1.54 bits per heavy atom. The third kappa shape index (κ3) is 5.97. The highest BCUT2D eigenvalue weighted by molar-refractivity contribution is 6.08. The predicted octanol–water partition coefficient (Wildman–Crippen LogP) is 7.83. The van der Waals surface area contributed by atoms with Crippen LogP contribution in [0.1, 0.15) is 21.7 Å². The molecule has 0 saturated heterocycles. The zero-order valence-electron chi connectivity index (χ0n) is 22.0. The number of carbonyl (C=O) groups excluding carboxylic acids is 2. The molecule has 0 radical (unpaired) electrons. The lowest BCUT2D eigenvalue weighted by molar-refractivity contribution is -0.111. The van der Waals surface area contributed by atoms with Crippen molar-refractivity contribution in [1.82, 2.24) is 9.78 Å². The number of benzene rings is 4. The maximum Gasteiger partial charge on any atom is 0.248 e. The molecule has 198 valence electrons. The largest absolute Gasteiger partial charge is 0.465 e. The molecule has 1 N–H and O–H groups in total. The normalized spacial score (nSPS) is 11.4. The molecule has 0 spiro atoms. The van der Waals surface area contributed by atoms with Gasteiger partial charge in [-0.25, -0.2) is 4.68 Å². The fourth-order valence-electron chi connectivity index (χ4n) is 4.49. The molecule has 1 amide bonds. The van der Waals surface area contributed by atoms with E-state index in [4.69, 9.17) is 9.52 Å². The summed E-state index contributed by atoms with van der Waals surface area (Å²) in [5.74, 6) is 0.139. The van der Waals surface area contributed by atoms with Crippen molar-refractivity contribution in [1.29, 1.82) is 0 Å². The molecule has 4 aromatic carbocycles. The molecule has 6 heteroatoms. The van der Waals surface area contributed by atoms with Gasteiger partial charge < -0.3 is 9.73 Å². The Bertz CT molecular complexity index is 1880. The van der Waals surface area contributed by atoms with Gasteiger partial charge in [0.15, 0.2) is 5.78 Å². The summed E-state index contributed by atoms with van der Waals surface area (Å²) in [4.78, 5) is 25.2. The summed E-state index contributed by atoms with van der Waals surface area (Å²) in [5.41, 5.74) is 4.59. The second kappa shape index (κ2) is 11.6. The number of amides is 1. The molecule has 6 aromatic rings. The van der Waals surface area contributed by atoms with Crippen molar-refractivity contribution < 1.29 is 14.0 Å². The van der Waals surface area contributed by atoms with Crippen LogP contribution in [0.2, 0.25) is 0 Å². The molecule has 6 rings (SSSR count). The predicted molar refractivity (Wildman–Crippen MR) is 163 cm³/mol. The molecule has 0 atom stereocenters. The van der Waals surface area contributed by atoms with Crippen LogP contribution in [0.3, 0.4) is 0 Å². The Hall–Kier alpha value is -5.75. The SMILES string of the molecule is O=C(/C=C/c1ccco1)Nc1ccc(C(=O)/C=C/c2cn(-c3ccccc3)nc2-c2ccc3ccccc3c2)cc1. The van der Waals surface area contributed by atoms with Crippen LogP contribution in [-0.2, 0) is 4.79 Å². The third-order valence-corrected chi connectivity index (χ3v) is 6.58. The number of anilines is 1. The summed E-state index contributed by atoms with van der Waals surface area (Å²) in [6.07, 6.45) is 9.80. The van der Waals surface area contributed by atoms with Crippen LogP contribution in [-0.4, -0.2) is 21.5 Å². The van der Waals surface area contributed by atoms with Crippen LogP contribution >= 0.6 is 0 Å². The molecule has 0 bridgehead atoms. The van der Waals surface area contributed by atoms with Gasteiger partial charge in [-0.05, 0) is 83.6 Å². The van der Waals surface area contributed by atoms with Crippen LogP contribution in [0.5, 0.6) is 0 Å². The number of allylic oxidation sites excluding steroid dienone is 1. The van der Waals surface area contributed by atoms with Crippen molar-refractivity contribution in [3.63, 3.8) is 0 Å². The van der Waals surface area contributed by atoms with E-state index < -0.39 is 0 Å². The fraction of sp³-hybridized carbons (Fsp3) is 0. The van der Waals surface area contributed by atoms with E-state index in [1.807, 2.05) is 53.3 Å². The quantitative estimate of drug-likeness (QED) is 0.159. The third-order valence-electron chi connectivity index (χ3n) is 6.58. The van der Waals surface area contributed by atoms with Gasteiger partial charge in [0.2, 0.25) is 5.91 Å². The summed E-state index contributed by atoms with van der Waals surface area (Å²) in [7, 11) is 0. The first kappa shape index (κ1) is 25.5. The Kier molecular flexibility index (Phi) is 7.19. The van der Waals surface area contributed by atoms with Crippen LogP contribution in [0, 0.1) is 0 Å². The molecule has 41 heavy (non-hydrogen) atoms. The first-order valence-corrected chi connectivity index (χ1v) is 13.1. The van der Waals surface area contributed by atoms with Gasteiger partial charge in [0.05, 0.1) is 17.6 Å². The number of para-hydroxylation sites is 1. The van der Waals surface area contributed by atoms with Crippen molar-refractivity contribution in [2.24, 2.45) is 0 Å². The summed E-state index contributed by atoms with van der Waals surface area (Å²) in [6.45, 7) is 0. The molecule has 2 aromatic heterocycles. The first-order valence-electron chi connectivity index (χ1n) is 13.1. The number of furan rings is 1. The Morgan fingerprint density at radius 3 is 2.32 bits per heavy atom. The number of hydrogen-bond donors (Lipinski definition) is 1. The van der Waals surface area contributed by atoms with Crippen molar-refractivity contribution >= 4 is 40.3 Å². The van der Waals surface area contributed by atoms with Crippen molar-refractivity contribution in [3.8, 4) is 16.9 Å². The van der Waals surface area contributed by atoms with E-state index in [1.54, 1.807) is 60.9 Å². The molecule has 0 aliphatic rings. The summed E-state index contributed by atoms with van der Waals surface area (Å²) < 4.78 is 7.01. The molecular formula is C35H25N3O3. The number of hydrogen-bond acceptors (Lipinski definition) is 4. The second-order valence-electron chi connectivity index (χ2n) is 9.39. The summed E-state index contributed by atoms with van der Waals surface area (Å²) >= 11 is 0. The second-order valence-corrected chi connectivity index (χ2v) is 9.39. The van der Waals surface area contributed by atoms with Gasteiger partial charge >= 0.3 is 0 Å². The molecular weight excluding hydrogens is 510 g/mol. The zero-order valence-corrected chi connectivity index (χ0v) is 22.0. The van der Waals surface area contributed by atoms with E-state index in [9.17, 15) is 9.59 Å². The lowest BCUT2D eigenvalue weighted by Gasteiger charge is -2.04. The Morgan fingerprint density at radius 1 is 0.756 bits per heavy atom. The van der Waals surface area contributed by atoms with E-state index in [1.165, 1.54) is 6.08 Å². The van der Waals surface area contributed by atoms with Crippen molar-refractivity contribution in [2.75, 3.05) is 5.32 Å². The number of ketones is 1. The van der Waals surface area contributed by atoms with Gasteiger partial charge in [-0.15, -0.1) is 0 Å². The van der Waals surface area contributed by atoms with Gasteiger partial charge in [-0.1, -0.05) is 54.6 Å². The van der Waals surface area contributed by atoms with Gasteiger partial charge in [0, 0.05) is 34.7 Å². The van der Waals surface area contributed by atoms with Crippen LogP contribution < -0.4 is 5.32 Å². The van der Waals surface area contributed by atoms with Gasteiger partial charge in [0.25, 0.3) is 0 Å². The van der Waals surface area contributed by atoms with E-state index in [2.05, 4.69) is 35.6 Å². The average molecular weight is 536 g/mol. The summed E-state index contributed by atoms with van der Waals surface area (Å²) in [5, 5.41) is 9.93. The fourth-order valence-corrected chi connectivity index (χ4v) is 4.49. The number of rotatable bonds is 8. The van der Waals surface area contributed by atoms with E-state index >= 15 is 0 Å². The monoisotopic (exact) mass is 535 g/mol. The molecule has 0 unspecified atom stereocenters. The zero-order chi connectivity index (χ0) is 28.0. The van der Waals surface area contributed by atoms with Crippen molar-refractivity contribution in [3.05, 3.63) is 151 Å². The molecule has 0 aliphatic heterocycles. The topological polar surface area (TPSA) is 77.1 Å². The average Bonchev–Trinajstić information content (AvgIpc) is 3.70. The highest BCUT2D eigenvalue weighted by Gasteiger charge is 2.12. The Labute approximate surface area is 236 Å². The smallest absolute Gasteiger partial charge is 0.248 e. The highest BCUT2D eigenvalue weighted by atomic mass is 16.3. The molecule has 0 aliphatic carbocycles. The number of nitrogens with zero attached hydrogens (tertiary/aromatic N) is 2. The molecule has 6 nitrogen and oxygen atoms in total. The lowest BCUT2D eigenvalue weighted by Crippen LogP contribution is -2.07. The van der Waals surface area contributed by atoms with Crippen molar-refractivity contribution in [2.45, 2.75) is 0 Å².